The van der Waals surface area contributed by atoms with Gasteiger partial charge in [-0.3, -0.25) is 37.3 Å². The zero-order valence-corrected chi connectivity index (χ0v) is 65.8. The number of rotatable bonds is 74. The van der Waals surface area contributed by atoms with Crippen LogP contribution in [0.2, 0.25) is 0 Å². The lowest BCUT2D eigenvalue weighted by Gasteiger charge is -2.21. The Kier molecular flexibility index (Phi) is 71.4. The minimum Gasteiger partial charge on any atom is -0.462 e. The summed E-state index contributed by atoms with van der Waals surface area (Å²) >= 11 is 0. The van der Waals surface area contributed by atoms with Crippen LogP contribution in [0.5, 0.6) is 0 Å². The topological polar surface area (TPSA) is 237 Å². The van der Waals surface area contributed by atoms with E-state index in [9.17, 15) is 43.2 Å². The van der Waals surface area contributed by atoms with E-state index in [4.69, 9.17) is 37.0 Å². The number of ether oxygens (including phenoxy) is 4. The number of unbranched alkanes of at least 4 members (excludes halogenated alkanes) is 28. The molecule has 0 aromatic heterocycles. The molecule has 5 unspecified atom stereocenters. The lowest BCUT2D eigenvalue weighted by Crippen LogP contribution is -2.30. The second kappa shape index (κ2) is 74.7. The second-order valence-electron chi connectivity index (χ2n) is 26.2. The number of esters is 4. The van der Waals surface area contributed by atoms with E-state index in [1.54, 1.807) is 0 Å². The van der Waals surface area contributed by atoms with E-state index in [2.05, 4.69) is 149 Å². The number of allylic oxidation sites excluding steroid dienone is 20. The van der Waals surface area contributed by atoms with Gasteiger partial charge in [0.05, 0.1) is 26.4 Å². The fourth-order valence-electron chi connectivity index (χ4n) is 10.5. The normalized spacial score (nSPS) is 14.5. The van der Waals surface area contributed by atoms with Crippen molar-refractivity contribution < 1.29 is 80.2 Å². The number of phosphoric acid groups is 2. The average molecular weight is 1470 g/mol. The van der Waals surface area contributed by atoms with Crippen molar-refractivity contribution in [2.24, 2.45) is 0 Å². The number of hydrogen-bond acceptors (Lipinski definition) is 15. The molecule has 0 aliphatic rings. The number of carbonyl (C=O) groups excluding carboxylic acids is 4. The van der Waals surface area contributed by atoms with Gasteiger partial charge in [0.2, 0.25) is 0 Å². The van der Waals surface area contributed by atoms with Crippen LogP contribution in [-0.4, -0.2) is 96.7 Å². The van der Waals surface area contributed by atoms with Crippen molar-refractivity contribution >= 4 is 39.5 Å². The van der Waals surface area contributed by atoms with Crippen LogP contribution >= 0.6 is 15.6 Å². The Morgan fingerprint density at radius 2 is 0.510 bits per heavy atom. The van der Waals surface area contributed by atoms with Crippen molar-refractivity contribution in [2.45, 2.75) is 341 Å². The molecule has 19 heteroatoms. The third-order valence-electron chi connectivity index (χ3n) is 16.4. The number of aliphatic hydroxyl groups excluding tert-OH is 1. The molecule has 0 heterocycles. The first-order chi connectivity index (χ1) is 49.7. The molecular weight excluding hydrogens is 1330 g/mol. The predicted molar refractivity (Wildman–Crippen MR) is 418 cm³/mol. The molecule has 586 valence electrons. The molecule has 3 N–H and O–H groups in total. The Bertz CT molecular complexity index is 2410. The number of aliphatic hydroxyl groups is 1. The molecule has 0 aliphatic heterocycles. The molecule has 0 rings (SSSR count). The first-order valence-corrected chi connectivity index (χ1v) is 42.8. The molecule has 102 heavy (non-hydrogen) atoms. The van der Waals surface area contributed by atoms with E-state index in [1.807, 2.05) is 0 Å². The Morgan fingerprint density at radius 1 is 0.284 bits per heavy atom. The molecule has 0 spiro atoms. The summed E-state index contributed by atoms with van der Waals surface area (Å²) in [7, 11) is -9.97. The van der Waals surface area contributed by atoms with Crippen molar-refractivity contribution in [1.82, 2.24) is 0 Å². The second-order valence-corrected chi connectivity index (χ2v) is 29.1. The van der Waals surface area contributed by atoms with Gasteiger partial charge in [-0.1, -0.05) is 290 Å². The van der Waals surface area contributed by atoms with Crippen LogP contribution in [0.1, 0.15) is 323 Å². The van der Waals surface area contributed by atoms with Crippen molar-refractivity contribution in [3.8, 4) is 0 Å². The van der Waals surface area contributed by atoms with Gasteiger partial charge in [-0.05, 0) is 128 Å². The van der Waals surface area contributed by atoms with Crippen molar-refractivity contribution in [3.63, 3.8) is 0 Å². The van der Waals surface area contributed by atoms with E-state index in [1.165, 1.54) is 51.4 Å². The van der Waals surface area contributed by atoms with E-state index in [0.29, 0.717) is 32.1 Å². The van der Waals surface area contributed by atoms with Gasteiger partial charge >= 0.3 is 39.5 Å². The maximum atomic E-state index is 13.1. The summed E-state index contributed by atoms with van der Waals surface area (Å²) in [5, 5.41) is 10.6. The zero-order valence-electron chi connectivity index (χ0n) is 64.0. The molecule has 0 fully saturated rings. The van der Waals surface area contributed by atoms with Gasteiger partial charge in [-0.25, -0.2) is 9.13 Å². The molecule has 0 bridgehead atoms. The highest BCUT2D eigenvalue weighted by Gasteiger charge is 2.30. The van der Waals surface area contributed by atoms with Crippen molar-refractivity contribution in [2.75, 3.05) is 39.6 Å². The van der Waals surface area contributed by atoms with E-state index < -0.39 is 97.5 Å². The summed E-state index contributed by atoms with van der Waals surface area (Å²) in [6.07, 6.45) is 81.8. The molecule has 0 amide bonds. The Hall–Kier alpha value is -4.54. The van der Waals surface area contributed by atoms with E-state index in [-0.39, 0.29) is 25.7 Å². The summed E-state index contributed by atoms with van der Waals surface area (Å²) in [5.74, 6) is -2.23. The standard InChI is InChI=1S/C83H142O17P2/c1-5-9-13-17-21-25-29-33-36-38-41-44-47-51-55-59-63-67-80(85)93-73-78(99-82(87)69-65-61-57-53-49-43-32-28-24-20-16-12-8-4)75-97-101(89,90)95-71-77(84)72-96-102(91,92)98-76-79(100-83(88)70-66-62-58-54-50-46-40-35-31-27-23-19-15-11-7-3)74-94-81(86)68-64-60-56-52-48-45-42-39-37-34-30-26-22-18-14-10-6-2/h9-11,13-15,21-23,25-27,33-37,40,50,54,77-79,84H,5-8,12,16-20,24,28-32,38-39,41-49,51-53,55-76H2,1-4H3,(H,89,90)(H,91,92)/b13-9-,14-10-,15-11-,25-21-,26-22-,27-23-,36-33-,37-34-,40-35-,54-50-. The molecule has 0 saturated heterocycles. The van der Waals surface area contributed by atoms with Crippen LogP contribution < -0.4 is 0 Å². The smallest absolute Gasteiger partial charge is 0.462 e. The monoisotopic (exact) mass is 1470 g/mol. The molecule has 17 nitrogen and oxygen atoms in total. The fraction of sp³-hybridized carbons (Fsp3) is 0.711. The maximum absolute atomic E-state index is 13.1. The van der Waals surface area contributed by atoms with E-state index in [0.717, 1.165) is 186 Å². The molecule has 0 aliphatic carbocycles. The minimum absolute atomic E-state index is 0.0388. The highest BCUT2D eigenvalue weighted by atomic mass is 31.2. The number of phosphoric ester groups is 2. The lowest BCUT2D eigenvalue weighted by molar-refractivity contribution is -0.161. The van der Waals surface area contributed by atoms with Crippen LogP contribution in [-0.2, 0) is 65.4 Å². The molecule has 5 atom stereocenters. The molecule has 0 radical (unpaired) electrons. The third-order valence-corrected chi connectivity index (χ3v) is 18.3. The van der Waals surface area contributed by atoms with E-state index >= 15 is 0 Å². The number of hydrogen-bond donors (Lipinski definition) is 3. The highest BCUT2D eigenvalue weighted by molar-refractivity contribution is 7.47. The Balaban J connectivity index is 5.38. The SMILES string of the molecule is CC/C=C\C/C=C\C/C=C\C/C=C\CCCCC(=O)OC(COC(=O)CCCCCCCCC/C=C\C/C=C\C/C=C\CC)COP(=O)(O)OCC(O)COP(=O)(O)OCC(COC(=O)CCCCCCCCC/C=C\C/C=C\C/C=C\CC)OC(=O)CCCCCCCCCCCCCCC. The first-order valence-electron chi connectivity index (χ1n) is 39.8. The summed E-state index contributed by atoms with van der Waals surface area (Å²) in [4.78, 5) is 73.0. The zero-order chi connectivity index (χ0) is 74.6. The summed E-state index contributed by atoms with van der Waals surface area (Å²) in [6, 6.07) is 0. The van der Waals surface area contributed by atoms with Crippen LogP contribution in [0, 0.1) is 0 Å². The highest BCUT2D eigenvalue weighted by Crippen LogP contribution is 2.45. The maximum Gasteiger partial charge on any atom is 0.472 e. The average Bonchev–Trinajstić information content (AvgIpc) is 0.907. The summed E-state index contributed by atoms with van der Waals surface area (Å²) in [5.41, 5.74) is 0. The van der Waals surface area contributed by atoms with Crippen LogP contribution in [0.4, 0.5) is 0 Å². The van der Waals surface area contributed by atoms with Crippen molar-refractivity contribution in [1.29, 1.82) is 0 Å². The quantitative estimate of drug-likeness (QED) is 0.0169. The molecule has 0 saturated carbocycles. The van der Waals surface area contributed by atoms with Gasteiger partial charge in [0.15, 0.2) is 12.2 Å². The largest absolute Gasteiger partial charge is 0.472 e. The van der Waals surface area contributed by atoms with Gasteiger partial charge < -0.3 is 33.8 Å². The Morgan fingerprint density at radius 3 is 0.804 bits per heavy atom. The van der Waals surface area contributed by atoms with Crippen LogP contribution in [0.25, 0.3) is 0 Å². The predicted octanol–water partition coefficient (Wildman–Crippen LogP) is 23.1. The lowest BCUT2D eigenvalue weighted by atomic mass is 10.0. The van der Waals surface area contributed by atoms with Gasteiger partial charge in [-0.15, -0.1) is 0 Å². The first kappa shape index (κ1) is 97.5. The number of carbonyl (C=O) groups is 4. The van der Waals surface area contributed by atoms with Gasteiger partial charge in [-0.2, -0.15) is 0 Å². The minimum atomic E-state index is -4.99. The van der Waals surface area contributed by atoms with Gasteiger partial charge in [0.25, 0.3) is 0 Å². The third kappa shape index (κ3) is 73.8. The van der Waals surface area contributed by atoms with Gasteiger partial charge in [0, 0.05) is 25.7 Å². The molecule has 0 aromatic carbocycles. The van der Waals surface area contributed by atoms with Crippen LogP contribution in [0.3, 0.4) is 0 Å². The molecule has 0 aromatic rings. The van der Waals surface area contributed by atoms with Crippen LogP contribution in [0.15, 0.2) is 122 Å². The van der Waals surface area contributed by atoms with Gasteiger partial charge in [0.1, 0.15) is 19.3 Å². The Labute approximate surface area is 619 Å². The van der Waals surface area contributed by atoms with Crippen molar-refractivity contribution in [3.05, 3.63) is 122 Å². The fourth-order valence-corrected chi connectivity index (χ4v) is 12.1. The molecular formula is C83H142O17P2. The summed E-state index contributed by atoms with van der Waals surface area (Å²) < 4.78 is 68.6. The summed E-state index contributed by atoms with van der Waals surface area (Å²) in [6.45, 7) is 4.50.